The number of para-hydroxylation sites is 1. The normalized spacial score (nSPS) is 17.3. The van der Waals surface area contributed by atoms with E-state index in [9.17, 15) is 4.79 Å². The summed E-state index contributed by atoms with van der Waals surface area (Å²) in [6.07, 6.45) is 0.429. The van der Waals surface area contributed by atoms with Crippen LogP contribution in [-0.2, 0) is 4.79 Å². The largest absolute Gasteiger partial charge is 0.370 e. The van der Waals surface area contributed by atoms with Gasteiger partial charge in [-0.25, -0.2) is 0 Å². The van der Waals surface area contributed by atoms with Crippen LogP contribution in [0.4, 0.5) is 11.4 Å². The Balaban J connectivity index is 1.69. The molecule has 0 spiro atoms. The second-order valence-electron chi connectivity index (χ2n) is 5.75. The van der Waals surface area contributed by atoms with Crippen LogP contribution in [0.5, 0.6) is 0 Å². The van der Waals surface area contributed by atoms with Gasteiger partial charge in [-0.1, -0.05) is 35.9 Å². The molecule has 1 aliphatic heterocycles. The van der Waals surface area contributed by atoms with Gasteiger partial charge in [0.2, 0.25) is 5.91 Å². The van der Waals surface area contributed by atoms with Gasteiger partial charge < -0.3 is 16.4 Å². The lowest BCUT2D eigenvalue weighted by molar-refractivity contribution is -0.116. The van der Waals surface area contributed by atoms with Crippen LogP contribution in [0.1, 0.15) is 23.5 Å². The maximum absolute atomic E-state index is 11.8. The Morgan fingerprint density at radius 3 is 2.78 bits per heavy atom. The fourth-order valence-corrected chi connectivity index (χ4v) is 2.70. The molecule has 1 amide bonds. The monoisotopic (exact) mass is 308 g/mol. The molecule has 0 fully saturated rings. The van der Waals surface area contributed by atoms with E-state index < -0.39 is 0 Å². The van der Waals surface area contributed by atoms with Crippen molar-refractivity contribution in [1.29, 1.82) is 0 Å². The van der Waals surface area contributed by atoms with E-state index in [-0.39, 0.29) is 11.8 Å². The molecule has 0 radical (unpaired) electrons. The molecule has 0 saturated carbocycles. The lowest BCUT2D eigenvalue weighted by Gasteiger charge is -2.24. The Labute approximate surface area is 135 Å². The minimum atomic E-state index is 0.0222. The Kier molecular flexibility index (Phi) is 4.28. The van der Waals surface area contributed by atoms with E-state index in [4.69, 9.17) is 5.73 Å². The van der Waals surface area contributed by atoms with Gasteiger partial charge in [0.25, 0.3) is 0 Å². The number of carbonyl (C=O) groups excluding carboxylic acids is 1. The molecule has 1 atom stereocenters. The smallest absolute Gasteiger partial charge is 0.225 e. The molecule has 1 aliphatic rings. The van der Waals surface area contributed by atoms with Crippen LogP contribution in [0.3, 0.4) is 0 Å². The van der Waals surface area contributed by atoms with Crippen LogP contribution in [-0.4, -0.2) is 18.4 Å². The van der Waals surface area contributed by atoms with Gasteiger partial charge in [-0.3, -0.25) is 9.79 Å². The zero-order chi connectivity index (χ0) is 16.2. The highest BCUT2D eigenvalue weighted by molar-refractivity contribution is 5.95. The number of nitrogens with zero attached hydrogens (tertiary/aromatic N) is 1. The molecule has 2 aromatic carbocycles. The third-order valence-electron chi connectivity index (χ3n) is 3.91. The third-order valence-corrected chi connectivity index (χ3v) is 3.91. The molecule has 23 heavy (non-hydrogen) atoms. The van der Waals surface area contributed by atoms with Crippen molar-refractivity contribution < 1.29 is 4.79 Å². The summed E-state index contributed by atoms with van der Waals surface area (Å²) in [7, 11) is 0. The minimum absolute atomic E-state index is 0.0222. The summed E-state index contributed by atoms with van der Waals surface area (Å²) >= 11 is 0. The van der Waals surface area contributed by atoms with E-state index in [0.717, 1.165) is 16.9 Å². The van der Waals surface area contributed by atoms with Crippen molar-refractivity contribution >= 4 is 23.2 Å². The first kappa shape index (κ1) is 15.1. The number of benzene rings is 2. The average molecular weight is 308 g/mol. The van der Waals surface area contributed by atoms with Crippen LogP contribution >= 0.6 is 0 Å². The molecule has 5 heteroatoms. The number of anilines is 2. The second-order valence-corrected chi connectivity index (χ2v) is 5.75. The third kappa shape index (κ3) is 3.69. The molecule has 118 valence electrons. The first-order chi connectivity index (χ1) is 11.1. The molecule has 1 heterocycles. The first-order valence-electron chi connectivity index (χ1n) is 7.64. The van der Waals surface area contributed by atoms with Crippen molar-refractivity contribution in [1.82, 2.24) is 0 Å². The minimum Gasteiger partial charge on any atom is -0.370 e. The number of rotatable bonds is 3. The molecule has 0 aliphatic carbocycles. The summed E-state index contributed by atoms with van der Waals surface area (Å²) in [5, 5.41) is 5.96. The van der Waals surface area contributed by atoms with E-state index in [1.54, 1.807) is 0 Å². The number of nitrogens with one attached hydrogen (secondary N) is 2. The predicted octanol–water partition coefficient (Wildman–Crippen LogP) is 2.85. The predicted molar refractivity (Wildman–Crippen MR) is 93.7 cm³/mol. The van der Waals surface area contributed by atoms with Crippen molar-refractivity contribution in [3.8, 4) is 0 Å². The number of amides is 1. The van der Waals surface area contributed by atoms with Gasteiger partial charge in [0.05, 0.1) is 6.54 Å². The van der Waals surface area contributed by atoms with Gasteiger partial charge in [0.1, 0.15) is 0 Å². The Bertz CT molecular complexity index is 737. The molecular weight excluding hydrogens is 288 g/mol. The van der Waals surface area contributed by atoms with Crippen LogP contribution in [0.15, 0.2) is 53.5 Å². The van der Waals surface area contributed by atoms with Crippen molar-refractivity contribution in [2.75, 3.05) is 17.2 Å². The maximum atomic E-state index is 11.8. The topological polar surface area (TPSA) is 79.5 Å². The number of guanidine groups is 1. The summed E-state index contributed by atoms with van der Waals surface area (Å²) in [4.78, 5) is 16.2. The van der Waals surface area contributed by atoms with Crippen LogP contribution < -0.4 is 16.4 Å². The Morgan fingerprint density at radius 1 is 1.26 bits per heavy atom. The van der Waals surface area contributed by atoms with Gasteiger partial charge in [0.15, 0.2) is 5.96 Å². The van der Waals surface area contributed by atoms with Crippen LogP contribution in [0, 0.1) is 6.92 Å². The number of hydrogen-bond donors (Lipinski definition) is 3. The van der Waals surface area contributed by atoms with Crippen LogP contribution in [0.2, 0.25) is 0 Å². The summed E-state index contributed by atoms with van der Waals surface area (Å²) in [6.45, 7) is 2.52. The van der Waals surface area contributed by atoms with E-state index >= 15 is 0 Å². The second kappa shape index (κ2) is 6.52. The van der Waals surface area contributed by atoms with Gasteiger partial charge in [-0.05, 0) is 30.7 Å². The SMILES string of the molecule is Cc1ccc(NC(N)=NCC2CC(=O)Nc3ccccc32)cc1. The fraction of sp³-hybridized carbons (Fsp3) is 0.222. The van der Waals surface area contributed by atoms with Gasteiger partial charge in [0, 0.05) is 23.7 Å². The molecule has 2 aromatic rings. The highest BCUT2D eigenvalue weighted by atomic mass is 16.1. The molecule has 0 saturated heterocycles. The quantitative estimate of drug-likeness (QED) is 0.602. The number of fused-ring (bicyclic) bond motifs is 1. The van der Waals surface area contributed by atoms with Crippen LogP contribution in [0.25, 0.3) is 0 Å². The highest BCUT2D eigenvalue weighted by Gasteiger charge is 2.24. The lowest BCUT2D eigenvalue weighted by Crippen LogP contribution is -2.27. The fourth-order valence-electron chi connectivity index (χ4n) is 2.70. The van der Waals surface area contributed by atoms with E-state index in [0.29, 0.717) is 18.9 Å². The summed E-state index contributed by atoms with van der Waals surface area (Å²) in [5.74, 6) is 0.435. The number of aliphatic imine (C=N–C) groups is 1. The van der Waals surface area contributed by atoms with Crippen molar-refractivity contribution in [2.24, 2.45) is 10.7 Å². The van der Waals surface area contributed by atoms with Gasteiger partial charge >= 0.3 is 0 Å². The van der Waals surface area contributed by atoms with Crippen molar-refractivity contribution in [2.45, 2.75) is 19.3 Å². The maximum Gasteiger partial charge on any atom is 0.225 e. The van der Waals surface area contributed by atoms with Gasteiger partial charge in [-0.2, -0.15) is 0 Å². The molecule has 0 aromatic heterocycles. The summed E-state index contributed by atoms with van der Waals surface area (Å²) in [6, 6.07) is 15.8. The Morgan fingerprint density at radius 2 is 2.00 bits per heavy atom. The molecule has 4 N–H and O–H groups in total. The molecule has 0 bridgehead atoms. The summed E-state index contributed by atoms with van der Waals surface area (Å²) in [5.41, 5.74) is 10.0. The summed E-state index contributed by atoms with van der Waals surface area (Å²) < 4.78 is 0. The van der Waals surface area contributed by atoms with E-state index in [1.807, 2.05) is 55.5 Å². The zero-order valence-electron chi connectivity index (χ0n) is 13.0. The highest BCUT2D eigenvalue weighted by Crippen LogP contribution is 2.31. The molecule has 1 unspecified atom stereocenters. The van der Waals surface area contributed by atoms with E-state index in [1.165, 1.54) is 5.56 Å². The molecule has 3 rings (SSSR count). The van der Waals surface area contributed by atoms with E-state index in [2.05, 4.69) is 15.6 Å². The molecule has 5 nitrogen and oxygen atoms in total. The number of nitrogens with two attached hydrogens (primary N) is 1. The van der Waals surface area contributed by atoms with Gasteiger partial charge in [-0.15, -0.1) is 0 Å². The average Bonchev–Trinajstić information content (AvgIpc) is 2.54. The molecular formula is C18H20N4O. The first-order valence-corrected chi connectivity index (χ1v) is 7.64. The number of hydrogen-bond acceptors (Lipinski definition) is 2. The zero-order valence-corrected chi connectivity index (χ0v) is 13.0. The van der Waals surface area contributed by atoms with Crippen molar-refractivity contribution in [3.63, 3.8) is 0 Å². The Hall–Kier alpha value is -2.82. The number of carbonyl (C=O) groups is 1. The standard InChI is InChI=1S/C18H20N4O/c1-12-6-8-14(9-7-12)21-18(19)20-11-13-10-17(23)22-16-5-3-2-4-15(13)16/h2-9,13H,10-11H2,1H3,(H,22,23)(H3,19,20,21). The lowest BCUT2D eigenvalue weighted by atomic mass is 9.91. The van der Waals surface area contributed by atoms with Crippen molar-refractivity contribution in [3.05, 3.63) is 59.7 Å². The number of aryl methyl sites for hydroxylation is 1.